The fourth-order valence-corrected chi connectivity index (χ4v) is 6.96. The van der Waals surface area contributed by atoms with Crippen molar-refractivity contribution in [2.75, 3.05) is 0 Å². The first-order valence-electron chi connectivity index (χ1n) is 13.8. The number of nitro benzene ring substituents is 1. The van der Waals surface area contributed by atoms with Gasteiger partial charge in [-0.05, 0) is 83.1 Å². The van der Waals surface area contributed by atoms with Crippen molar-refractivity contribution in [2.45, 2.75) is 25.5 Å². The Hall–Kier alpha value is -4.60. The van der Waals surface area contributed by atoms with Gasteiger partial charge in [0, 0.05) is 22.2 Å². The maximum absolute atomic E-state index is 14.0. The van der Waals surface area contributed by atoms with Crippen molar-refractivity contribution in [1.82, 2.24) is 4.57 Å². The highest BCUT2D eigenvalue weighted by Crippen LogP contribution is 2.41. The highest BCUT2D eigenvalue weighted by molar-refractivity contribution is 9.10. The molecule has 0 amide bonds. The summed E-state index contributed by atoms with van der Waals surface area (Å²) in [6, 6.07) is 30.2. The number of fused-ring (bicyclic) bond motifs is 3. The molecule has 212 valence electrons. The first-order chi connectivity index (χ1) is 20.9. The average Bonchev–Trinajstić information content (AvgIpc) is 3.33. The van der Waals surface area contributed by atoms with E-state index < -0.39 is 4.92 Å². The van der Waals surface area contributed by atoms with Crippen LogP contribution in [0.5, 0.6) is 5.75 Å². The fourth-order valence-electron chi connectivity index (χ4n) is 5.69. The van der Waals surface area contributed by atoms with E-state index in [1.54, 1.807) is 12.1 Å². The molecule has 0 spiro atoms. The molecule has 7 nitrogen and oxygen atoms in total. The Kier molecular flexibility index (Phi) is 7.12. The number of non-ortho nitro benzene ring substituents is 1. The van der Waals surface area contributed by atoms with E-state index in [4.69, 9.17) is 9.73 Å². The standard InChI is InChI=1S/C34H24BrN3O4S/c35-25-13-10-24(11-14-25)32-29-17-12-23-5-1-2-7-28(23)31(29)36-34-37(32)33(39)30(43-34)19-22-4-3-6-27(18-22)42-20-21-8-15-26(16-9-21)38(40)41/h1-11,13-16,18-19,32H,12,17,20H2/b30-19+/t32-/m1/s1. The second kappa shape index (κ2) is 11.2. The van der Waals surface area contributed by atoms with Gasteiger partial charge in [-0.2, -0.15) is 0 Å². The van der Waals surface area contributed by atoms with Crippen molar-refractivity contribution >= 4 is 44.7 Å². The fraction of sp³-hybridized carbons (Fsp3) is 0.118. The van der Waals surface area contributed by atoms with Crippen molar-refractivity contribution in [3.63, 3.8) is 0 Å². The van der Waals surface area contributed by atoms with E-state index in [0.29, 0.717) is 15.1 Å². The number of halogens is 1. The molecule has 43 heavy (non-hydrogen) atoms. The van der Waals surface area contributed by atoms with Crippen LogP contribution in [0.2, 0.25) is 0 Å². The molecule has 0 fully saturated rings. The second-order valence-electron chi connectivity index (χ2n) is 10.4. The maximum Gasteiger partial charge on any atom is 0.271 e. The van der Waals surface area contributed by atoms with Crippen molar-refractivity contribution in [2.24, 2.45) is 4.99 Å². The Labute approximate surface area is 259 Å². The van der Waals surface area contributed by atoms with Crippen LogP contribution < -0.4 is 19.6 Å². The number of ether oxygens (including phenoxy) is 1. The van der Waals surface area contributed by atoms with Crippen LogP contribution in [-0.4, -0.2) is 9.49 Å². The highest BCUT2D eigenvalue weighted by Gasteiger charge is 2.32. The van der Waals surface area contributed by atoms with Crippen LogP contribution in [0.15, 0.2) is 117 Å². The summed E-state index contributed by atoms with van der Waals surface area (Å²) in [7, 11) is 0. The molecule has 4 aromatic carbocycles. The average molecular weight is 651 g/mol. The Morgan fingerprint density at radius 1 is 1.00 bits per heavy atom. The SMILES string of the molecule is O=c1/c(=C\c2cccc(OCc3ccc([N+](=O)[O-])cc3)c2)sc2n1[C@H](c1ccc(Br)cc1)C1=C(N=2)c2ccccc2CC1. The number of hydrogen-bond donors (Lipinski definition) is 0. The lowest BCUT2D eigenvalue weighted by molar-refractivity contribution is -0.384. The number of aromatic nitrogens is 1. The first-order valence-corrected chi connectivity index (χ1v) is 15.4. The van der Waals surface area contributed by atoms with Gasteiger partial charge in [0.2, 0.25) is 0 Å². The zero-order valence-corrected chi connectivity index (χ0v) is 25.2. The predicted molar refractivity (Wildman–Crippen MR) is 171 cm³/mol. The predicted octanol–water partition coefficient (Wildman–Crippen LogP) is 6.57. The zero-order valence-electron chi connectivity index (χ0n) is 22.8. The monoisotopic (exact) mass is 649 g/mol. The molecule has 0 N–H and O–H groups in total. The number of benzene rings is 4. The summed E-state index contributed by atoms with van der Waals surface area (Å²) in [6.07, 6.45) is 3.64. The Bertz CT molecular complexity index is 2100. The van der Waals surface area contributed by atoms with E-state index in [1.807, 2.05) is 53.1 Å². The normalized spacial score (nSPS) is 15.7. The van der Waals surface area contributed by atoms with E-state index in [-0.39, 0.29) is 23.9 Å². The van der Waals surface area contributed by atoms with Gasteiger partial charge in [0.15, 0.2) is 4.80 Å². The Morgan fingerprint density at radius 2 is 1.79 bits per heavy atom. The molecule has 1 aliphatic heterocycles. The molecular formula is C34H24BrN3O4S. The third kappa shape index (κ3) is 5.26. The van der Waals surface area contributed by atoms with Gasteiger partial charge in [-0.15, -0.1) is 0 Å². The maximum atomic E-state index is 14.0. The molecule has 2 aliphatic rings. The van der Waals surface area contributed by atoms with Gasteiger partial charge in [0.05, 0.1) is 21.2 Å². The lowest BCUT2D eigenvalue weighted by Crippen LogP contribution is -2.38. The summed E-state index contributed by atoms with van der Waals surface area (Å²) in [4.78, 5) is 30.3. The summed E-state index contributed by atoms with van der Waals surface area (Å²) in [5, 5.41) is 10.9. The Morgan fingerprint density at radius 3 is 2.58 bits per heavy atom. The number of thiazole rings is 1. The smallest absolute Gasteiger partial charge is 0.271 e. The third-order valence-corrected chi connectivity index (χ3v) is 9.28. The van der Waals surface area contributed by atoms with E-state index in [1.165, 1.54) is 34.6 Å². The topological polar surface area (TPSA) is 86.7 Å². The van der Waals surface area contributed by atoms with Crippen LogP contribution in [0.4, 0.5) is 5.69 Å². The van der Waals surface area contributed by atoms with Crippen LogP contribution in [0.1, 0.15) is 40.3 Å². The van der Waals surface area contributed by atoms with Gasteiger partial charge >= 0.3 is 0 Å². The lowest BCUT2D eigenvalue weighted by Gasteiger charge is -2.30. The number of allylic oxidation sites excluding steroid dienone is 1. The molecule has 0 unspecified atom stereocenters. The Balaban J connectivity index is 1.27. The molecule has 0 radical (unpaired) electrons. The minimum Gasteiger partial charge on any atom is -0.489 e. The minimum atomic E-state index is -0.423. The van der Waals surface area contributed by atoms with E-state index >= 15 is 0 Å². The van der Waals surface area contributed by atoms with Gasteiger partial charge in [-0.1, -0.05) is 75.8 Å². The molecule has 2 heterocycles. The van der Waals surface area contributed by atoms with Crippen molar-refractivity contribution < 1.29 is 9.66 Å². The first kappa shape index (κ1) is 27.2. The highest BCUT2D eigenvalue weighted by atomic mass is 79.9. The number of aryl methyl sites for hydroxylation is 1. The molecule has 5 aromatic rings. The van der Waals surface area contributed by atoms with Crippen LogP contribution in [-0.2, 0) is 13.0 Å². The molecule has 9 heteroatoms. The van der Waals surface area contributed by atoms with Crippen molar-refractivity contribution in [1.29, 1.82) is 0 Å². The molecule has 0 saturated heterocycles. The van der Waals surface area contributed by atoms with E-state index in [0.717, 1.165) is 45.3 Å². The van der Waals surface area contributed by atoms with Crippen molar-refractivity contribution in [3.05, 3.63) is 165 Å². The number of hydrogen-bond acceptors (Lipinski definition) is 6. The lowest BCUT2D eigenvalue weighted by atomic mass is 9.83. The van der Waals surface area contributed by atoms with Crippen molar-refractivity contribution in [3.8, 4) is 5.75 Å². The number of rotatable bonds is 6. The molecule has 1 atom stereocenters. The summed E-state index contributed by atoms with van der Waals surface area (Å²) < 4.78 is 9.40. The van der Waals surface area contributed by atoms with Gasteiger partial charge < -0.3 is 4.74 Å². The summed E-state index contributed by atoms with van der Waals surface area (Å²) in [5.74, 6) is 0.639. The van der Waals surface area contributed by atoms with Gasteiger partial charge in [0.25, 0.3) is 11.2 Å². The molecule has 7 rings (SSSR count). The van der Waals surface area contributed by atoms with Crippen LogP contribution in [0.3, 0.4) is 0 Å². The summed E-state index contributed by atoms with van der Waals surface area (Å²) in [6.45, 7) is 0.268. The second-order valence-corrected chi connectivity index (χ2v) is 12.4. The van der Waals surface area contributed by atoms with E-state index in [9.17, 15) is 14.9 Å². The summed E-state index contributed by atoms with van der Waals surface area (Å²) in [5.41, 5.74) is 7.25. The van der Waals surface area contributed by atoms with Crippen LogP contribution in [0, 0.1) is 10.1 Å². The summed E-state index contributed by atoms with van der Waals surface area (Å²) >= 11 is 4.95. The van der Waals surface area contributed by atoms with Gasteiger partial charge in [-0.3, -0.25) is 19.5 Å². The van der Waals surface area contributed by atoms with Gasteiger partial charge in [-0.25, -0.2) is 4.99 Å². The number of nitro groups is 1. The number of nitrogens with zero attached hydrogens (tertiary/aromatic N) is 3. The zero-order chi connectivity index (χ0) is 29.5. The van der Waals surface area contributed by atoms with Gasteiger partial charge in [0.1, 0.15) is 12.4 Å². The van der Waals surface area contributed by atoms with Crippen LogP contribution in [0.25, 0.3) is 11.8 Å². The molecular weight excluding hydrogens is 626 g/mol. The molecule has 0 bridgehead atoms. The third-order valence-electron chi connectivity index (χ3n) is 7.77. The van der Waals surface area contributed by atoms with E-state index in [2.05, 4.69) is 46.3 Å². The molecule has 1 aromatic heterocycles. The largest absolute Gasteiger partial charge is 0.489 e. The molecule has 0 saturated carbocycles. The quantitative estimate of drug-likeness (QED) is 0.154. The minimum absolute atomic E-state index is 0.0413. The van der Waals surface area contributed by atoms with Crippen LogP contribution >= 0.6 is 27.3 Å². The molecule has 1 aliphatic carbocycles.